The molecule has 0 spiro atoms. The highest BCUT2D eigenvalue weighted by Crippen LogP contribution is 2.59. The van der Waals surface area contributed by atoms with E-state index < -0.39 is 0 Å². The summed E-state index contributed by atoms with van der Waals surface area (Å²) >= 11 is 3.82. The van der Waals surface area contributed by atoms with Crippen LogP contribution in [0.2, 0.25) is 0 Å². The summed E-state index contributed by atoms with van der Waals surface area (Å²) in [4.78, 5) is 10.6. The summed E-state index contributed by atoms with van der Waals surface area (Å²) in [6, 6.07) is 66.8. The lowest BCUT2D eigenvalue weighted by atomic mass is 9.32. The maximum Gasteiger partial charge on any atom is 0.252 e. The quantitative estimate of drug-likeness (QED) is 0.140. The Morgan fingerprint density at radius 1 is 0.291 bits per heavy atom. The van der Waals surface area contributed by atoms with E-state index in [-0.39, 0.29) is 33.8 Å². The van der Waals surface area contributed by atoms with Crippen LogP contribution < -0.4 is 26.2 Å². The zero-order valence-electron chi connectivity index (χ0n) is 49.0. The lowest BCUT2D eigenvalue weighted by molar-refractivity contribution is 0.588. The molecule has 0 saturated carbocycles. The van der Waals surface area contributed by atoms with Crippen molar-refractivity contribution in [3.8, 4) is 44.5 Å². The van der Waals surface area contributed by atoms with Gasteiger partial charge in [0.1, 0.15) is 0 Å². The van der Waals surface area contributed by atoms with Gasteiger partial charge in [0.25, 0.3) is 6.71 Å². The van der Waals surface area contributed by atoms with E-state index in [1.165, 1.54) is 142 Å². The Labute approximate surface area is 480 Å². The molecule has 0 atom stereocenters. The van der Waals surface area contributed by atoms with Gasteiger partial charge in [0, 0.05) is 64.6 Å². The van der Waals surface area contributed by atoms with Crippen molar-refractivity contribution in [2.45, 2.75) is 151 Å². The Hall–Kier alpha value is -6.66. The van der Waals surface area contributed by atoms with Crippen molar-refractivity contribution >= 4 is 80.7 Å². The van der Waals surface area contributed by atoms with Gasteiger partial charge < -0.3 is 9.80 Å². The molecule has 4 heterocycles. The number of anilines is 6. The number of fused-ring (bicyclic) bond motifs is 16. The molecule has 0 unspecified atom stereocenters. The molecule has 394 valence electrons. The van der Waals surface area contributed by atoms with Gasteiger partial charge in [-0.15, -0.1) is 0 Å². The second-order valence-electron chi connectivity index (χ2n) is 27.8. The van der Waals surface area contributed by atoms with Crippen LogP contribution in [0.1, 0.15) is 132 Å². The fraction of sp³-hybridized carbons (Fsp3) is 0.270. The van der Waals surface area contributed by atoms with Crippen molar-refractivity contribution in [2.24, 2.45) is 0 Å². The Kier molecular flexibility index (Phi) is 11.7. The zero-order chi connectivity index (χ0) is 55.5. The van der Waals surface area contributed by atoms with Crippen molar-refractivity contribution in [1.82, 2.24) is 0 Å². The predicted molar refractivity (Wildman–Crippen MR) is 344 cm³/mol. The Morgan fingerprint density at radius 3 is 0.924 bits per heavy atom. The van der Waals surface area contributed by atoms with Crippen LogP contribution in [0.3, 0.4) is 0 Å². The largest absolute Gasteiger partial charge is 0.310 e. The topological polar surface area (TPSA) is 6.48 Å². The number of nitrogens with zero attached hydrogens (tertiary/aromatic N) is 2. The predicted octanol–water partition coefficient (Wildman–Crippen LogP) is 19.9. The zero-order valence-corrected chi connectivity index (χ0v) is 50.6. The van der Waals surface area contributed by atoms with Crippen molar-refractivity contribution in [1.29, 1.82) is 0 Å². The molecule has 9 aromatic rings. The third-order valence-corrected chi connectivity index (χ3v) is 19.4. The minimum absolute atomic E-state index is 0.140. The standard InChI is InChI=1S/C74H73BN2S2/c1-70(2,3)44-38-53-49-28-18-22-36-63(49)78-61-34-20-16-26-47(61)51-30-24-32-55(73(10,11)12)66(51)76-59-42-46(72(7,8)9)43-60-65(59)75(57(40-44)68(53)76)58-41-45(71(4,5)6)39-54-50-29-19-23-37-64(50)79-62-35-21-17-27-48(62)52-31-25-33-56(74(13,14)15)67(52)77(60)69(54)58/h16-43H,1-15H3. The molecule has 9 aromatic carbocycles. The van der Waals surface area contributed by atoms with Gasteiger partial charge in [0.05, 0.1) is 11.4 Å². The van der Waals surface area contributed by atoms with E-state index in [2.05, 4.69) is 284 Å². The minimum atomic E-state index is -0.224. The van der Waals surface area contributed by atoms with Gasteiger partial charge in [-0.25, -0.2) is 0 Å². The summed E-state index contributed by atoms with van der Waals surface area (Å²) in [5, 5.41) is 0. The Bertz CT molecular complexity index is 3760. The first-order valence-corrected chi connectivity index (χ1v) is 30.2. The van der Waals surface area contributed by atoms with Crippen molar-refractivity contribution in [3.05, 3.63) is 198 Å². The van der Waals surface area contributed by atoms with Gasteiger partial charge in [0.2, 0.25) is 0 Å². The molecule has 0 fully saturated rings. The first-order valence-electron chi connectivity index (χ1n) is 28.5. The fourth-order valence-electron chi connectivity index (χ4n) is 13.0. The first-order chi connectivity index (χ1) is 37.4. The van der Waals surface area contributed by atoms with Gasteiger partial charge in [-0.05, 0) is 142 Å². The van der Waals surface area contributed by atoms with Crippen molar-refractivity contribution < 1.29 is 0 Å². The number of rotatable bonds is 0. The highest BCUT2D eigenvalue weighted by molar-refractivity contribution is 8.00. The molecule has 0 N–H and O–H groups in total. The fourth-order valence-corrected chi connectivity index (χ4v) is 15.2. The average Bonchev–Trinajstić information content (AvgIpc) is 3.52. The number of hydrogen-bond donors (Lipinski definition) is 0. The van der Waals surface area contributed by atoms with Gasteiger partial charge in [-0.3, -0.25) is 0 Å². The number of para-hydroxylation sites is 2. The maximum atomic E-state index is 2.81. The molecule has 0 bridgehead atoms. The molecule has 0 amide bonds. The smallest absolute Gasteiger partial charge is 0.252 e. The summed E-state index contributed by atoms with van der Waals surface area (Å²) in [7, 11) is 0. The molecule has 4 aliphatic rings. The second-order valence-corrected chi connectivity index (χ2v) is 30.0. The highest BCUT2D eigenvalue weighted by Gasteiger charge is 2.49. The van der Waals surface area contributed by atoms with Gasteiger partial charge in [-0.1, -0.05) is 249 Å². The molecule has 13 rings (SSSR count). The Morgan fingerprint density at radius 2 is 0.595 bits per heavy atom. The van der Waals surface area contributed by atoms with E-state index in [1.54, 1.807) is 0 Å². The molecule has 0 saturated heterocycles. The third kappa shape index (κ3) is 8.30. The number of hydrogen-bond acceptors (Lipinski definition) is 4. The molecule has 5 heteroatoms. The van der Waals surface area contributed by atoms with Crippen molar-refractivity contribution in [3.63, 3.8) is 0 Å². The molecular weight excluding hydrogens is 992 g/mol. The van der Waals surface area contributed by atoms with Crippen LogP contribution >= 0.6 is 23.5 Å². The minimum Gasteiger partial charge on any atom is -0.310 e. The van der Waals surface area contributed by atoms with Crippen LogP contribution in [-0.2, 0) is 27.1 Å². The van der Waals surface area contributed by atoms with E-state index in [0.717, 1.165) is 0 Å². The number of benzene rings is 9. The first kappa shape index (κ1) is 51.8. The van der Waals surface area contributed by atoms with Gasteiger partial charge in [-0.2, -0.15) is 0 Å². The molecule has 0 aromatic heterocycles. The van der Waals surface area contributed by atoms with E-state index in [4.69, 9.17) is 0 Å². The van der Waals surface area contributed by atoms with Crippen LogP contribution in [0, 0.1) is 0 Å². The normalized spacial score (nSPS) is 14.3. The average molecular weight is 1070 g/mol. The van der Waals surface area contributed by atoms with Crippen LogP contribution in [0.15, 0.2) is 189 Å². The summed E-state index contributed by atoms with van der Waals surface area (Å²) in [5.41, 5.74) is 27.3. The highest BCUT2D eigenvalue weighted by atomic mass is 32.2. The Balaban J connectivity index is 1.32. The van der Waals surface area contributed by atoms with Crippen LogP contribution in [-0.4, -0.2) is 6.71 Å². The summed E-state index contributed by atoms with van der Waals surface area (Å²) in [6.07, 6.45) is 0. The lowest BCUT2D eigenvalue weighted by Crippen LogP contribution is -2.62. The monoisotopic (exact) mass is 1060 g/mol. The van der Waals surface area contributed by atoms with E-state index >= 15 is 0 Å². The lowest BCUT2D eigenvalue weighted by Gasteiger charge is -2.49. The molecular formula is C74H73BN2S2. The summed E-state index contributed by atoms with van der Waals surface area (Å²) in [5.74, 6) is 0. The maximum absolute atomic E-state index is 2.81. The molecule has 0 aliphatic carbocycles. The van der Waals surface area contributed by atoms with Gasteiger partial charge in [0.15, 0.2) is 0 Å². The van der Waals surface area contributed by atoms with Gasteiger partial charge >= 0.3 is 0 Å². The van der Waals surface area contributed by atoms with Crippen LogP contribution in [0.4, 0.5) is 34.1 Å². The second kappa shape index (κ2) is 17.9. The third-order valence-electron chi connectivity index (χ3n) is 17.1. The van der Waals surface area contributed by atoms with E-state index in [0.29, 0.717) is 0 Å². The summed E-state index contributed by atoms with van der Waals surface area (Å²) < 4.78 is 0. The van der Waals surface area contributed by atoms with Crippen LogP contribution in [0.25, 0.3) is 44.5 Å². The molecule has 0 radical (unpaired) electrons. The van der Waals surface area contributed by atoms with Crippen LogP contribution in [0.5, 0.6) is 0 Å². The van der Waals surface area contributed by atoms with Crippen molar-refractivity contribution in [2.75, 3.05) is 9.80 Å². The molecule has 79 heavy (non-hydrogen) atoms. The van der Waals surface area contributed by atoms with E-state index in [1.807, 2.05) is 23.5 Å². The van der Waals surface area contributed by atoms with E-state index in [9.17, 15) is 0 Å². The molecule has 4 aliphatic heterocycles. The molecule has 2 nitrogen and oxygen atoms in total. The summed E-state index contributed by atoms with van der Waals surface area (Å²) in [6.45, 7) is 36.0. The SMILES string of the molecule is CC(C)(C)c1cc2c3c(c1)-c1ccccc1Sc1ccccc1-c1cccc(C(C)(C)C)c1N3c1cc(C(C)(C)C)cc3c1B2c1cc(C(C)(C)C)cc2c1N3c1c(cccc1C(C)(C)C)-c1ccccc1Sc1ccccc1-2.